The number of furan rings is 1. The summed E-state index contributed by atoms with van der Waals surface area (Å²) in [6.07, 6.45) is 0. The predicted octanol–water partition coefficient (Wildman–Crippen LogP) is 14.7. The van der Waals surface area contributed by atoms with E-state index in [-0.39, 0.29) is 0 Å². The van der Waals surface area contributed by atoms with E-state index in [1.165, 1.54) is 55.6 Å². The van der Waals surface area contributed by atoms with Crippen molar-refractivity contribution in [3.8, 4) is 44.5 Å². The molecule has 2 aliphatic carbocycles. The number of rotatable bonds is 5. The molecule has 0 atom stereocenters. The van der Waals surface area contributed by atoms with Crippen LogP contribution in [0.5, 0.6) is 0 Å². The highest BCUT2D eigenvalue weighted by molar-refractivity contribution is 6.06. The van der Waals surface area contributed by atoms with Gasteiger partial charge in [-0.2, -0.15) is 0 Å². The first kappa shape index (κ1) is 31.9. The second-order valence-corrected chi connectivity index (χ2v) is 15.2. The van der Waals surface area contributed by atoms with Gasteiger partial charge in [-0.15, -0.1) is 0 Å². The van der Waals surface area contributed by atoms with Gasteiger partial charge in [-0.25, -0.2) is 0 Å². The van der Waals surface area contributed by atoms with Crippen LogP contribution in [-0.2, 0) is 5.41 Å². The Hall–Kier alpha value is -7.42. The molecule has 0 saturated heterocycles. The van der Waals surface area contributed by atoms with Gasteiger partial charge in [-0.05, 0) is 110 Å². The van der Waals surface area contributed by atoms with E-state index in [1.807, 2.05) is 12.1 Å². The molecule has 1 spiro atoms. The maximum absolute atomic E-state index is 6.16. The van der Waals surface area contributed by atoms with Gasteiger partial charge in [0.2, 0.25) is 0 Å². The molecule has 2 heteroatoms. The molecule has 0 bridgehead atoms. The van der Waals surface area contributed by atoms with Crippen molar-refractivity contribution in [3.05, 3.63) is 235 Å². The van der Waals surface area contributed by atoms with Crippen LogP contribution in [0.3, 0.4) is 0 Å². The summed E-state index contributed by atoms with van der Waals surface area (Å²) in [5.74, 6) is 0. The zero-order valence-corrected chi connectivity index (χ0v) is 31.1. The Kier molecular flexibility index (Phi) is 6.88. The third-order valence-corrected chi connectivity index (χ3v) is 12.3. The first-order valence-electron chi connectivity index (χ1n) is 19.7. The van der Waals surface area contributed by atoms with Crippen LogP contribution >= 0.6 is 0 Å². The van der Waals surface area contributed by atoms with Gasteiger partial charge in [-0.1, -0.05) is 164 Å². The molecule has 57 heavy (non-hydrogen) atoms. The van der Waals surface area contributed by atoms with Crippen molar-refractivity contribution in [2.24, 2.45) is 0 Å². The van der Waals surface area contributed by atoms with Gasteiger partial charge < -0.3 is 9.32 Å². The van der Waals surface area contributed by atoms with E-state index in [4.69, 9.17) is 4.42 Å². The Morgan fingerprint density at radius 1 is 0.333 bits per heavy atom. The first-order chi connectivity index (χ1) is 28.3. The van der Waals surface area contributed by atoms with Gasteiger partial charge in [0.25, 0.3) is 0 Å². The number of anilines is 3. The van der Waals surface area contributed by atoms with Crippen LogP contribution in [0.1, 0.15) is 22.3 Å². The third kappa shape index (κ3) is 4.59. The molecule has 2 aliphatic rings. The van der Waals surface area contributed by atoms with Crippen LogP contribution in [0.2, 0.25) is 0 Å². The minimum Gasteiger partial charge on any atom is -0.456 e. The van der Waals surface area contributed by atoms with E-state index < -0.39 is 5.41 Å². The average molecular weight is 726 g/mol. The summed E-state index contributed by atoms with van der Waals surface area (Å²) in [6.45, 7) is 0. The number of hydrogen-bond acceptors (Lipinski definition) is 2. The quantitative estimate of drug-likeness (QED) is 0.176. The van der Waals surface area contributed by atoms with Crippen LogP contribution < -0.4 is 4.90 Å². The highest BCUT2D eigenvalue weighted by atomic mass is 16.3. The van der Waals surface area contributed by atoms with E-state index in [2.05, 4.69) is 205 Å². The fraction of sp³-hybridized carbons (Fsp3) is 0.0182. The summed E-state index contributed by atoms with van der Waals surface area (Å²) < 4.78 is 6.16. The number of nitrogens with zero attached hydrogens (tertiary/aromatic N) is 1. The van der Waals surface area contributed by atoms with Crippen molar-refractivity contribution in [2.75, 3.05) is 4.90 Å². The molecule has 0 saturated carbocycles. The summed E-state index contributed by atoms with van der Waals surface area (Å²) >= 11 is 0. The molecule has 266 valence electrons. The highest BCUT2D eigenvalue weighted by Crippen LogP contribution is 2.64. The Morgan fingerprint density at radius 2 is 0.825 bits per heavy atom. The predicted molar refractivity (Wildman–Crippen MR) is 236 cm³/mol. The lowest BCUT2D eigenvalue weighted by molar-refractivity contribution is 0.669. The Labute approximate surface area is 331 Å². The largest absolute Gasteiger partial charge is 0.456 e. The molecule has 9 aromatic carbocycles. The lowest BCUT2D eigenvalue weighted by Crippen LogP contribution is -2.26. The van der Waals surface area contributed by atoms with Gasteiger partial charge in [0.05, 0.1) is 11.1 Å². The molecule has 0 fully saturated rings. The topological polar surface area (TPSA) is 16.4 Å². The second-order valence-electron chi connectivity index (χ2n) is 15.2. The minimum absolute atomic E-state index is 0.419. The maximum Gasteiger partial charge on any atom is 0.135 e. The molecule has 10 aromatic rings. The Morgan fingerprint density at radius 3 is 1.51 bits per heavy atom. The van der Waals surface area contributed by atoms with Gasteiger partial charge >= 0.3 is 0 Å². The van der Waals surface area contributed by atoms with Crippen molar-refractivity contribution in [3.63, 3.8) is 0 Å². The van der Waals surface area contributed by atoms with E-state index in [0.29, 0.717) is 0 Å². The Balaban J connectivity index is 1.06. The van der Waals surface area contributed by atoms with Crippen molar-refractivity contribution >= 4 is 39.0 Å². The van der Waals surface area contributed by atoms with E-state index in [9.17, 15) is 0 Å². The molecule has 2 nitrogen and oxygen atoms in total. The van der Waals surface area contributed by atoms with Gasteiger partial charge in [0.1, 0.15) is 11.2 Å². The molecule has 0 aliphatic heterocycles. The molecular formula is C55H35NO. The standard InChI is InChI=1S/C55H35NO/c1-2-13-36(14-3-1)37-25-30-40(31-26-37)56(41-32-27-38(28-33-41)39-29-34-53-46(35-39)44-17-7-11-24-52(44)57-53)51-23-12-22-50-54(51)45-18-6-10-21-49(45)55(50)47-19-8-4-15-42(47)43-16-5-9-20-48(43)55/h1-35H. The summed E-state index contributed by atoms with van der Waals surface area (Å²) in [7, 11) is 0. The van der Waals surface area contributed by atoms with Crippen molar-refractivity contribution in [1.82, 2.24) is 0 Å². The summed E-state index contributed by atoms with van der Waals surface area (Å²) in [5.41, 5.74) is 20.0. The van der Waals surface area contributed by atoms with E-state index in [0.717, 1.165) is 50.1 Å². The maximum atomic E-state index is 6.16. The number of fused-ring (bicyclic) bond motifs is 13. The molecular weight excluding hydrogens is 691 g/mol. The van der Waals surface area contributed by atoms with Gasteiger partial charge in [0, 0.05) is 27.7 Å². The molecule has 1 aromatic heterocycles. The normalized spacial score (nSPS) is 13.1. The van der Waals surface area contributed by atoms with Crippen LogP contribution in [0.25, 0.3) is 66.4 Å². The fourth-order valence-corrected chi connectivity index (χ4v) is 9.88. The lowest BCUT2D eigenvalue weighted by Gasteiger charge is -2.32. The third-order valence-electron chi connectivity index (χ3n) is 12.3. The molecule has 0 radical (unpaired) electrons. The zero-order valence-electron chi connectivity index (χ0n) is 31.1. The monoisotopic (exact) mass is 725 g/mol. The summed E-state index contributed by atoms with van der Waals surface area (Å²) in [5, 5.41) is 2.27. The van der Waals surface area contributed by atoms with Crippen LogP contribution in [0.4, 0.5) is 17.1 Å². The van der Waals surface area contributed by atoms with Gasteiger partial charge in [0.15, 0.2) is 0 Å². The van der Waals surface area contributed by atoms with Crippen LogP contribution in [0.15, 0.2) is 217 Å². The highest BCUT2D eigenvalue weighted by Gasteiger charge is 2.52. The van der Waals surface area contributed by atoms with E-state index in [1.54, 1.807) is 0 Å². The number of para-hydroxylation sites is 1. The molecule has 12 rings (SSSR count). The SMILES string of the molecule is c1ccc(-c2ccc(N(c3ccc(-c4ccc5oc6ccccc6c5c4)cc3)c3cccc4c3-c3ccccc3C43c4ccccc4-c4ccccc43)cc2)cc1. The van der Waals surface area contributed by atoms with Gasteiger partial charge in [-0.3, -0.25) is 0 Å². The second kappa shape index (κ2) is 12.3. The van der Waals surface area contributed by atoms with Crippen molar-refractivity contribution < 1.29 is 4.42 Å². The molecule has 0 N–H and O–H groups in total. The van der Waals surface area contributed by atoms with E-state index >= 15 is 0 Å². The van der Waals surface area contributed by atoms with Crippen molar-refractivity contribution in [1.29, 1.82) is 0 Å². The average Bonchev–Trinajstić information content (AvgIpc) is 3.91. The summed E-state index contributed by atoms with van der Waals surface area (Å²) in [6, 6.07) is 77.5. The van der Waals surface area contributed by atoms with Crippen LogP contribution in [-0.4, -0.2) is 0 Å². The molecule has 1 heterocycles. The molecule has 0 unspecified atom stereocenters. The van der Waals surface area contributed by atoms with Crippen molar-refractivity contribution in [2.45, 2.75) is 5.41 Å². The first-order valence-corrected chi connectivity index (χ1v) is 19.7. The number of benzene rings is 9. The lowest BCUT2D eigenvalue weighted by atomic mass is 9.70. The summed E-state index contributed by atoms with van der Waals surface area (Å²) in [4.78, 5) is 2.45. The number of hydrogen-bond donors (Lipinski definition) is 0. The fourth-order valence-electron chi connectivity index (χ4n) is 9.88. The smallest absolute Gasteiger partial charge is 0.135 e. The zero-order chi connectivity index (χ0) is 37.5. The minimum atomic E-state index is -0.419. The van der Waals surface area contributed by atoms with Crippen LogP contribution in [0, 0.1) is 0 Å². The Bertz CT molecular complexity index is 3130. The molecule has 0 amide bonds.